The molecule has 1 aromatic heterocycles. The lowest BCUT2D eigenvalue weighted by molar-refractivity contribution is -0.0583. The largest absolute Gasteiger partial charge is 0.367 e. The monoisotopic (exact) mass is 281 g/mol. The summed E-state index contributed by atoms with van der Waals surface area (Å²) >= 11 is 0. The molecule has 0 spiro atoms. The van der Waals surface area contributed by atoms with Crippen molar-refractivity contribution in [2.45, 2.75) is 70.4 Å². The van der Waals surface area contributed by atoms with E-state index in [0.29, 0.717) is 24.4 Å². The molecule has 0 aliphatic heterocycles. The fourth-order valence-electron chi connectivity index (χ4n) is 3.28. The van der Waals surface area contributed by atoms with E-state index in [1.165, 1.54) is 12.8 Å². The topological polar surface area (TPSA) is 60.2 Å². The highest BCUT2D eigenvalue weighted by atomic mass is 16.5. The molecule has 1 heterocycles. The van der Waals surface area contributed by atoms with Crippen LogP contribution in [-0.2, 0) is 10.3 Å². The summed E-state index contributed by atoms with van der Waals surface area (Å²) in [5.74, 6) is 1.82. The first-order valence-electron chi connectivity index (χ1n) is 7.86. The molecule has 2 unspecified atom stereocenters. The molecule has 1 aliphatic rings. The number of ether oxygens (including phenoxy) is 1. The lowest BCUT2D eigenvalue weighted by Crippen LogP contribution is -2.30. The molecule has 0 radical (unpaired) electrons. The summed E-state index contributed by atoms with van der Waals surface area (Å²) in [5, 5.41) is 7.58. The Morgan fingerprint density at radius 3 is 2.65 bits per heavy atom. The van der Waals surface area contributed by atoms with E-state index in [-0.39, 0.29) is 0 Å². The molecule has 0 saturated heterocycles. The van der Waals surface area contributed by atoms with E-state index >= 15 is 0 Å². The molecule has 0 bridgehead atoms. The van der Waals surface area contributed by atoms with Crippen LogP contribution in [0.5, 0.6) is 0 Å². The maximum Gasteiger partial charge on any atom is 0.231 e. The summed E-state index contributed by atoms with van der Waals surface area (Å²) in [6, 6.07) is 0.452. The van der Waals surface area contributed by atoms with Gasteiger partial charge in [-0.3, -0.25) is 0 Å². The fourth-order valence-corrected chi connectivity index (χ4v) is 3.28. The highest BCUT2D eigenvalue weighted by Crippen LogP contribution is 2.36. The molecular formula is C15H27N3O2. The quantitative estimate of drug-likeness (QED) is 0.832. The Kier molecular flexibility index (Phi) is 5.16. The standard InChI is InChI=1S/C15H27N3O2/c1-5-15(6-2,19-7-3)14-17-13(20-18-14)11-9-8-10-12(11)16-4/h11-12,16H,5-10H2,1-4H3. The van der Waals surface area contributed by atoms with Gasteiger partial charge in [0, 0.05) is 12.6 Å². The minimum atomic E-state index is -0.399. The molecule has 1 aliphatic carbocycles. The molecule has 114 valence electrons. The second-order valence-corrected chi connectivity index (χ2v) is 5.52. The number of rotatable bonds is 7. The van der Waals surface area contributed by atoms with Gasteiger partial charge in [-0.15, -0.1) is 0 Å². The minimum absolute atomic E-state index is 0.342. The molecule has 1 N–H and O–H groups in total. The van der Waals surface area contributed by atoms with Crippen LogP contribution in [0, 0.1) is 0 Å². The van der Waals surface area contributed by atoms with Crippen LogP contribution in [0.4, 0.5) is 0 Å². The Balaban J connectivity index is 2.22. The van der Waals surface area contributed by atoms with Gasteiger partial charge in [-0.1, -0.05) is 25.4 Å². The third-order valence-corrected chi connectivity index (χ3v) is 4.62. The summed E-state index contributed by atoms with van der Waals surface area (Å²) in [7, 11) is 2.00. The van der Waals surface area contributed by atoms with Gasteiger partial charge in [0.2, 0.25) is 11.7 Å². The van der Waals surface area contributed by atoms with E-state index in [2.05, 4.69) is 29.3 Å². The third kappa shape index (κ3) is 2.74. The molecule has 0 amide bonds. The van der Waals surface area contributed by atoms with Crippen molar-refractivity contribution in [2.75, 3.05) is 13.7 Å². The maximum absolute atomic E-state index is 5.94. The molecule has 20 heavy (non-hydrogen) atoms. The first-order chi connectivity index (χ1) is 9.70. The van der Waals surface area contributed by atoms with Crippen molar-refractivity contribution in [1.29, 1.82) is 0 Å². The molecule has 1 aromatic rings. The second kappa shape index (κ2) is 6.68. The Hall–Kier alpha value is -0.940. The van der Waals surface area contributed by atoms with E-state index in [0.717, 1.165) is 25.2 Å². The zero-order valence-electron chi connectivity index (χ0n) is 13.1. The first kappa shape index (κ1) is 15.4. The van der Waals surface area contributed by atoms with Gasteiger partial charge >= 0.3 is 0 Å². The number of likely N-dealkylation sites (N-methyl/N-ethyl adjacent to an activating group) is 1. The van der Waals surface area contributed by atoms with Crippen molar-refractivity contribution >= 4 is 0 Å². The molecule has 5 nitrogen and oxygen atoms in total. The molecule has 5 heteroatoms. The van der Waals surface area contributed by atoms with Crippen molar-refractivity contribution in [3.63, 3.8) is 0 Å². The average Bonchev–Trinajstić information content (AvgIpc) is 3.12. The Morgan fingerprint density at radius 1 is 1.30 bits per heavy atom. The van der Waals surface area contributed by atoms with Gasteiger partial charge in [0.05, 0.1) is 5.92 Å². The Labute approximate surface area is 121 Å². The summed E-state index contributed by atoms with van der Waals surface area (Å²) in [4.78, 5) is 4.68. The van der Waals surface area contributed by atoms with Crippen LogP contribution in [-0.4, -0.2) is 29.8 Å². The highest BCUT2D eigenvalue weighted by molar-refractivity contribution is 5.07. The molecule has 1 saturated carbocycles. The van der Waals surface area contributed by atoms with Crippen LogP contribution in [0.25, 0.3) is 0 Å². The van der Waals surface area contributed by atoms with Crippen molar-refractivity contribution in [1.82, 2.24) is 15.5 Å². The number of hydrogen-bond donors (Lipinski definition) is 1. The molecular weight excluding hydrogens is 254 g/mol. The predicted molar refractivity (Wildman–Crippen MR) is 77.6 cm³/mol. The SMILES string of the molecule is CCOC(CC)(CC)c1noc(C2CCCC2NC)n1. The van der Waals surface area contributed by atoms with Crippen molar-refractivity contribution in [3.8, 4) is 0 Å². The van der Waals surface area contributed by atoms with Crippen LogP contribution < -0.4 is 5.32 Å². The predicted octanol–water partition coefficient (Wildman–Crippen LogP) is 2.98. The fraction of sp³-hybridized carbons (Fsp3) is 0.867. The van der Waals surface area contributed by atoms with Crippen LogP contribution in [0.1, 0.15) is 70.5 Å². The van der Waals surface area contributed by atoms with Crippen LogP contribution in [0.3, 0.4) is 0 Å². The van der Waals surface area contributed by atoms with Crippen LogP contribution in [0.2, 0.25) is 0 Å². The van der Waals surface area contributed by atoms with Gasteiger partial charge in [-0.25, -0.2) is 0 Å². The minimum Gasteiger partial charge on any atom is -0.367 e. The lowest BCUT2D eigenvalue weighted by atomic mass is 9.96. The van der Waals surface area contributed by atoms with Crippen LogP contribution in [0.15, 0.2) is 4.52 Å². The average molecular weight is 281 g/mol. The lowest BCUT2D eigenvalue weighted by Gasteiger charge is -2.27. The summed E-state index contributed by atoms with van der Waals surface area (Å²) in [6.45, 7) is 6.89. The van der Waals surface area contributed by atoms with E-state index in [1.54, 1.807) is 0 Å². The Bertz CT molecular complexity index is 415. The van der Waals surface area contributed by atoms with E-state index in [1.807, 2.05) is 14.0 Å². The zero-order chi connectivity index (χ0) is 14.6. The van der Waals surface area contributed by atoms with Gasteiger partial charge in [0.25, 0.3) is 0 Å². The van der Waals surface area contributed by atoms with Gasteiger partial charge in [-0.05, 0) is 39.7 Å². The summed E-state index contributed by atoms with van der Waals surface area (Å²) in [6.07, 6.45) is 5.23. The molecule has 2 atom stereocenters. The van der Waals surface area contributed by atoms with E-state index in [9.17, 15) is 0 Å². The number of nitrogens with one attached hydrogen (secondary N) is 1. The van der Waals surface area contributed by atoms with Crippen molar-refractivity contribution < 1.29 is 9.26 Å². The number of hydrogen-bond acceptors (Lipinski definition) is 5. The number of nitrogens with zero attached hydrogens (tertiary/aromatic N) is 2. The van der Waals surface area contributed by atoms with Crippen molar-refractivity contribution in [3.05, 3.63) is 11.7 Å². The Morgan fingerprint density at radius 2 is 2.05 bits per heavy atom. The third-order valence-electron chi connectivity index (χ3n) is 4.62. The van der Waals surface area contributed by atoms with Crippen molar-refractivity contribution in [2.24, 2.45) is 0 Å². The van der Waals surface area contributed by atoms with E-state index < -0.39 is 5.60 Å². The number of aromatic nitrogens is 2. The highest BCUT2D eigenvalue weighted by Gasteiger charge is 2.37. The molecule has 1 fully saturated rings. The van der Waals surface area contributed by atoms with Gasteiger partial charge in [0.1, 0.15) is 5.60 Å². The molecule has 0 aromatic carbocycles. The van der Waals surface area contributed by atoms with E-state index in [4.69, 9.17) is 9.26 Å². The summed E-state index contributed by atoms with van der Waals surface area (Å²) in [5.41, 5.74) is -0.399. The summed E-state index contributed by atoms with van der Waals surface area (Å²) < 4.78 is 11.5. The zero-order valence-corrected chi connectivity index (χ0v) is 13.1. The maximum atomic E-state index is 5.94. The normalized spacial score (nSPS) is 23.4. The van der Waals surface area contributed by atoms with Gasteiger partial charge in [0.15, 0.2) is 0 Å². The van der Waals surface area contributed by atoms with Gasteiger partial charge in [-0.2, -0.15) is 4.98 Å². The van der Waals surface area contributed by atoms with Gasteiger partial charge < -0.3 is 14.6 Å². The smallest absolute Gasteiger partial charge is 0.231 e. The second-order valence-electron chi connectivity index (χ2n) is 5.52. The first-order valence-corrected chi connectivity index (χ1v) is 7.86. The van der Waals surface area contributed by atoms with Crippen LogP contribution >= 0.6 is 0 Å². The molecule has 2 rings (SSSR count).